The Hall–Kier alpha value is -2.13. The number of hydrogen-bond acceptors (Lipinski definition) is 6. The molecule has 2 heterocycles. The maximum atomic E-state index is 12.4. The van der Waals surface area contributed by atoms with E-state index in [1.807, 2.05) is 30.3 Å². The molecule has 6 nitrogen and oxygen atoms in total. The fourth-order valence-electron chi connectivity index (χ4n) is 2.13. The minimum Gasteiger partial charge on any atom is -0.347 e. The van der Waals surface area contributed by atoms with E-state index in [2.05, 4.69) is 10.3 Å². The number of nitrogens with zero attached hydrogens (tertiary/aromatic N) is 2. The van der Waals surface area contributed by atoms with Gasteiger partial charge < -0.3 is 5.32 Å². The van der Waals surface area contributed by atoms with Gasteiger partial charge in [0.1, 0.15) is 9.09 Å². The molecule has 0 bridgehead atoms. The van der Waals surface area contributed by atoms with Gasteiger partial charge in [0, 0.05) is 25.0 Å². The number of hydrogen-bond donors (Lipinski definition) is 1. The number of halogens is 2. The van der Waals surface area contributed by atoms with Crippen molar-refractivity contribution in [3.8, 4) is 0 Å². The van der Waals surface area contributed by atoms with Crippen molar-refractivity contribution in [2.75, 3.05) is 0 Å². The normalized spacial score (nSPS) is 10.6. The Morgan fingerprint density at radius 3 is 2.52 bits per heavy atom. The average molecular weight is 440 g/mol. The fourth-order valence-corrected chi connectivity index (χ4v) is 4.91. The van der Waals surface area contributed by atoms with E-state index in [0.717, 1.165) is 28.7 Å². The topological polar surface area (TPSA) is 85.1 Å². The summed E-state index contributed by atoms with van der Waals surface area (Å²) in [6, 6.07) is 10.6. The van der Waals surface area contributed by atoms with Crippen molar-refractivity contribution in [2.24, 2.45) is 0 Å². The lowest BCUT2D eigenvalue weighted by molar-refractivity contribution is -0.387. The molecule has 1 aromatic carbocycles. The number of carbonyl (C=O) groups excluding carboxylic acids is 1. The summed E-state index contributed by atoms with van der Waals surface area (Å²) in [7, 11) is 0. The van der Waals surface area contributed by atoms with E-state index < -0.39 is 4.92 Å². The largest absolute Gasteiger partial charge is 0.347 e. The monoisotopic (exact) mass is 439 g/mol. The van der Waals surface area contributed by atoms with Crippen LogP contribution in [0.2, 0.25) is 10.0 Å². The molecule has 0 unspecified atom stereocenters. The van der Waals surface area contributed by atoms with Crippen LogP contribution in [0.5, 0.6) is 0 Å². The van der Waals surface area contributed by atoms with Crippen molar-refractivity contribution in [3.63, 3.8) is 0 Å². The average Bonchev–Trinajstić information content (AvgIpc) is 3.08. The maximum absolute atomic E-state index is 12.4. The molecule has 0 atom stereocenters. The van der Waals surface area contributed by atoms with Crippen molar-refractivity contribution in [1.82, 2.24) is 10.3 Å². The smallest absolute Gasteiger partial charge is 0.294 e. The molecule has 138 valence electrons. The highest BCUT2D eigenvalue weighted by atomic mass is 35.5. The highest BCUT2D eigenvalue weighted by Gasteiger charge is 2.24. The number of carbonyl (C=O) groups is 1. The van der Waals surface area contributed by atoms with Gasteiger partial charge in [-0.3, -0.25) is 19.9 Å². The molecule has 0 radical (unpaired) electrons. The highest BCUT2D eigenvalue weighted by Crippen LogP contribution is 2.45. The van der Waals surface area contributed by atoms with Crippen LogP contribution in [-0.4, -0.2) is 15.8 Å². The van der Waals surface area contributed by atoms with E-state index in [1.54, 1.807) is 0 Å². The third-order valence-electron chi connectivity index (χ3n) is 3.40. The predicted octanol–water partition coefficient (Wildman–Crippen LogP) is 5.44. The molecule has 0 saturated carbocycles. The highest BCUT2D eigenvalue weighted by molar-refractivity contribution is 8.01. The first-order valence-electron chi connectivity index (χ1n) is 7.53. The van der Waals surface area contributed by atoms with Crippen LogP contribution in [0.25, 0.3) is 0 Å². The summed E-state index contributed by atoms with van der Waals surface area (Å²) in [5, 5.41) is 14.7. The first-order valence-corrected chi connectivity index (χ1v) is 9.92. The second-order valence-electron chi connectivity index (χ2n) is 5.24. The molecule has 3 aromatic rings. The zero-order chi connectivity index (χ0) is 19.4. The molecule has 10 heteroatoms. The SMILES string of the molecule is O=C(NCc1ccccc1)c1cc([N+](=O)[O-])c(Sc2c(Cl)cncc2Cl)s1. The van der Waals surface area contributed by atoms with Crippen LogP contribution in [0, 0.1) is 10.1 Å². The summed E-state index contributed by atoms with van der Waals surface area (Å²) in [6.07, 6.45) is 2.81. The quantitative estimate of drug-likeness (QED) is 0.408. The molecule has 0 aliphatic rings. The second-order valence-corrected chi connectivity index (χ2v) is 8.39. The van der Waals surface area contributed by atoms with Gasteiger partial charge in [0.15, 0.2) is 0 Å². The lowest BCUT2D eigenvalue weighted by Crippen LogP contribution is -2.21. The van der Waals surface area contributed by atoms with Crippen LogP contribution in [-0.2, 0) is 6.54 Å². The summed E-state index contributed by atoms with van der Waals surface area (Å²) >= 11 is 14.2. The molecule has 2 aromatic heterocycles. The van der Waals surface area contributed by atoms with Crippen molar-refractivity contribution < 1.29 is 9.72 Å². The number of nitrogens with one attached hydrogen (secondary N) is 1. The Balaban J connectivity index is 1.82. The van der Waals surface area contributed by atoms with Gasteiger partial charge in [0.25, 0.3) is 11.6 Å². The number of benzene rings is 1. The molecule has 0 saturated heterocycles. The summed E-state index contributed by atoms with van der Waals surface area (Å²) in [5.74, 6) is -0.384. The van der Waals surface area contributed by atoms with Crippen molar-refractivity contribution >= 4 is 57.9 Å². The minimum absolute atomic E-state index is 0.168. The molecule has 1 amide bonds. The first-order chi connectivity index (χ1) is 13.0. The zero-order valence-corrected chi connectivity index (χ0v) is 16.7. The molecular formula is C17H11Cl2N3O3S2. The first kappa shape index (κ1) is 19.6. The Bertz CT molecular complexity index is 976. The molecule has 3 rings (SSSR count). The molecule has 27 heavy (non-hydrogen) atoms. The molecular weight excluding hydrogens is 429 g/mol. The number of pyridine rings is 1. The Kier molecular flexibility index (Phi) is 6.33. The second kappa shape index (κ2) is 8.71. The van der Waals surface area contributed by atoms with Gasteiger partial charge in [-0.1, -0.05) is 65.3 Å². The van der Waals surface area contributed by atoms with E-state index >= 15 is 0 Å². The molecule has 0 aliphatic heterocycles. The number of rotatable bonds is 6. The van der Waals surface area contributed by atoms with Gasteiger partial charge in [-0.25, -0.2) is 0 Å². The van der Waals surface area contributed by atoms with Gasteiger partial charge in [-0.15, -0.1) is 11.3 Å². The predicted molar refractivity (Wildman–Crippen MR) is 107 cm³/mol. The fraction of sp³-hybridized carbons (Fsp3) is 0.0588. The van der Waals surface area contributed by atoms with Crippen LogP contribution in [0.4, 0.5) is 5.69 Å². The summed E-state index contributed by atoms with van der Waals surface area (Å²) < 4.78 is 0.319. The summed E-state index contributed by atoms with van der Waals surface area (Å²) in [4.78, 5) is 27.8. The number of thiophene rings is 1. The van der Waals surface area contributed by atoms with Gasteiger partial charge in [-0.2, -0.15) is 0 Å². The van der Waals surface area contributed by atoms with Crippen LogP contribution in [0.3, 0.4) is 0 Å². The standard InChI is InChI=1S/C17H11Cl2N3O3S2/c18-11-8-20-9-12(19)15(11)27-17-13(22(24)25)6-14(26-17)16(23)21-7-10-4-2-1-3-5-10/h1-6,8-9H,7H2,(H,21,23). The van der Waals surface area contributed by atoms with Crippen molar-refractivity contribution in [1.29, 1.82) is 0 Å². The van der Waals surface area contributed by atoms with Crippen LogP contribution in [0.15, 0.2) is 57.9 Å². The lowest BCUT2D eigenvalue weighted by atomic mass is 10.2. The summed E-state index contributed by atoms with van der Waals surface area (Å²) in [6.45, 7) is 0.329. The molecule has 0 fully saturated rings. The number of nitro groups is 1. The van der Waals surface area contributed by atoms with E-state index in [-0.39, 0.29) is 26.5 Å². The van der Waals surface area contributed by atoms with Crippen molar-refractivity contribution in [2.45, 2.75) is 15.6 Å². The van der Waals surface area contributed by atoms with Crippen molar-refractivity contribution in [3.05, 3.63) is 79.4 Å². The van der Waals surface area contributed by atoms with E-state index in [4.69, 9.17) is 23.2 Å². The summed E-state index contributed by atoms with van der Waals surface area (Å²) in [5.41, 5.74) is 0.765. The zero-order valence-electron chi connectivity index (χ0n) is 13.5. The van der Waals surface area contributed by atoms with Crippen LogP contribution < -0.4 is 5.32 Å². The molecule has 0 spiro atoms. The van der Waals surface area contributed by atoms with Crippen LogP contribution in [0.1, 0.15) is 15.2 Å². The van der Waals surface area contributed by atoms with Gasteiger partial charge in [-0.05, 0) is 5.56 Å². The maximum Gasteiger partial charge on any atom is 0.294 e. The number of amides is 1. The lowest BCUT2D eigenvalue weighted by Gasteiger charge is -2.04. The van der Waals surface area contributed by atoms with Gasteiger partial charge >= 0.3 is 0 Å². The van der Waals surface area contributed by atoms with Gasteiger partial charge in [0.2, 0.25) is 0 Å². The third-order valence-corrected chi connectivity index (χ3v) is 6.65. The van der Waals surface area contributed by atoms with E-state index in [9.17, 15) is 14.9 Å². The Labute approximate surface area is 172 Å². The molecule has 0 aliphatic carbocycles. The third kappa shape index (κ3) is 4.78. The van der Waals surface area contributed by atoms with E-state index in [0.29, 0.717) is 15.6 Å². The Morgan fingerprint density at radius 2 is 1.89 bits per heavy atom. The Morgan fingerprint density at radius 1 is 1.22 bits per heavy atom. The molecule has 1 N–H and O–H groups in total. The number of aromatic nitrogens is 1. The van der Waals surface area contributed by atoms with Crippen LogP contribution >= 0.6 is 46.3 Å². The van der Waals surface area contributed by atoms with Gasteiger partial charge in [0.05, 0.1) is 19.9 Å². The minimum atomic E-state index is -0.532. The van der Waals surface area contributed by atoms with E-state index in [1.165, 1.54) is 18.5 Å².